The molecular formula is C11H16BrNO4S. The molecule has 2 N–H and O–H groups in total. The van der Waals surface area contributed by atoms with Crippen LogP contribution < -0.4 is 9.88 Å². The van der Waals surface area contributed by atoms with Gasteiger partial charge in [-0.05, 0) is 30.7 Å². The summed E-state index contributed by atoms with van der Waals surface area (Å²) in [5.41, 5.74) is 1.02. The fourth-order valence-electron chi connectivity index (χ4n) is 1.26. The molecule has 102 valence electrons. The van der Waals surface area contributed by atoms with Gasteiger partial charge in [0, 0.05) is 4.47 Å². The van der Waals surface area contributed by atoms with Gasteiger partial charge in [-0.3, -0.25) is 0 Å². The van der Waals surface area contributed by atoms with Crippen molar-refractivity contribution in [2.24, 2.45) is 5.14 Å². The molecule has 0 amide bonds. The van der Waals surface area contributed by atoms with Crippen LogP contribution in [0.15, 0.2) is 22.7 Å². The first-order valence-corrected chi connectivity index (χ1v) is 7.86. The Morgan fingerprint density at radius 2 is 2.00 bits per heavy atom. The lowest BCUT2D eigenvalue weighted by Gasteiger charge is -2.09. The average molecular weight is 338 g/mol. The minimum atomic E-state index is -3.45. The Kier molecular flexibility index (Phi) is 6.07. The third-order valence-corrected chi connectivity index (χ3v) is 3.36. The summed E-state index contributed by atoms with van der Waals surface area (Å²) in [6, 6.07) is 5.71. The Morgan fingerprint density at radius 1 is 1.28 bits per heavy atom. The first-order chi connectivity index (χ1) is 8.38. The Bertz CT molecular complexity index is 490. The zero-order valence-electron chi connectivity index (χ0n) is 10.1. The Hall–Kier alpha value is -0.630. The number of hydrogen-bond donors (Lipinski definition) is 1. The third-order valence-electron chi connectivity index (χ3n) is 2.13. The van der Waals surface area contributed by atoms with Crippen LogP contribution >= 0.6 is 15.9 Å². The van der Waals surface area contributed by atoms with Crippen molar-refractivity contribution < 1.29 is 17.9 Å². The second kappa shape index (κ2) is 7.08. The van der Waals surface area contributed by atoms with Crippen molar-refractivity contribution >= 4 is 26.0 Å². The van der Waals surface area contributed by atoms with E-state index in [-0.39, 0.29) is 12.4 Å². The zero-order chi connectivity index (χ0) is 13.6. The Labute approximate surface area is 115 Å². The zero-order valence-corrected chi connectivity index (χ0v) is 12.5. The molecule has 18 heavy (non-hydrogen) atoms. The average Bonchev–Trinajstić information content (AvgIpc) is 2.24. The summed E-state index contributed by atoms with van der Waals surface area (Å²) in [5.74, 6) is 0.609. The molecule has 0 atom stereocenters. The molecule has 0 aromatic heterocycles. The van der Waals surface area contributed by atoms with E-state index in [0.29, 0.717) is 13.2 Å². The maximum absolute atomic E-state index is 10.6. The fraction of sp³-hybridized carbons (Fsp3) is 0.455. The number of sulfonamides is 1. The van der Waals surface area contributed by atoms with Gasteiger partial charge in [0.1, 0.15) is 12.4 Å². The van der Waals surface area contributed by atoms with Crippen molar-refractivity contribution in [3.63, 3.8) is 0 Å². The summed E-state index contributed by atoms with van der Waals surface area (Å²) < 4.78 is 32.8. The quantitative estimate of drug-likeness (QED) is 0.763. The summed E-state index contributed by atoms with van der Waals surface area (Å²) in [5, 5.41) is 4.83. The number of benzene rings is 1. The molecule has 5 nitrogen and oxygen atoms in total. The number of primary sulfonamides is 1. The fourth-order valence-corrected chi connectivity index (χ4v) is 2.09. The first kappa shape index (κ1) is 15.4. The highest BCUT2D eigenvalue weighted by Crippen LogP contribution is 2.21. The van der Waals surface area contributed by atoms with Crippen molar-refractivity contribution in [1.29, 1.82) is 0 Å². The van der Waals surface area contributed by atoms with E-state index < -0.39 is 10.0 Å². The largest absolute Gasteiger partial charge is 0.491 e. The number of hydrogen-bond acceptors (Lipinski definition) is 4. The van der Waals surface area contributed by atoms with Crippen LogP contribution in [0.25, 0.3) is 0 Å². The van der Waals surface area contributed by atoms with Crippen LogP contribution in [-0.2, 0) is 14.8 Å². The van der Waals surface area contributed by atoms with Gasteiger partial charge < -0.3 is 9.47 Å². The molecular weight excluding hydrogens is 322 g/mol. The van der Waals surface area contributed by atoms with E-state index in [9.17, 15) is 8.42 Å². The maximum Gasteiger partial charge on any atom is 0.211 e. The summed E-state index contributed by atoms with van der Waals surface area (Å²) >= 11 is 3.37. The Balaban J connectivity index is 2.22. The molecule has 0 saturated carbocycles. The van der Waals surface area contributed by atoms with Gasteiger partial charge in [0.05, 0.1) is 19.0 Å². The number of ether oxygens (including phenoxy) is 2. The second-order valence-electron chi connectivity index (χ2n) is 3.74. The van der Waals surface area contributed by atoms with E-state index in [2.05, 4.69) is 15.9 Å². The van der Waals surface area contributed by atoms with Crippen molar-refractivity contribution in [3.05, 3.63) is 28.2 Å². The van der Waals surface area contributed by atoms with Crippen LogP contribution in [0.3, 0.4) is 0 Å². The summed E-state index contributed by atoms with van der Waals surface area (Å²) in [7, 11) is -3.45. The minimum absolute atomic E-state index is 0.0848. The molecule has 0 bridgehead atoms. The number of rotatable bonds is 7. The highest BCUT2D eigenvalue weighted by Gasteiger charge is 2.02. The van der Waals surface area contributed by atoms with Crippen LogP contribution in [0.4, 0.5) is 0 Å². The molecule has 1 rings (SSSR count). The van der Waals surface area contributed by atoms with Crippen LogP contribution in [0, 0.1) is 6.92 Å². The van der Waals surface area contributed by atoms with E-state index >= 15 is 0 Å². The van der Waals surface area contributed by atoms with Gasteiger partial charge in [0.15, 0.2) is 0 Å². The van der Waals surface area contributed by atoms with Crippen molar-refractivity contribution in [2.45, 2.75) is 6.92 Å². The monoisotopic (exact) mass is 337 g/mol. The molecule has 0 aliphatic heterocycles. The number of aryl methyl sites for hydroxylation is 1. The number of halogens is 1. The summed E-state index contributed by atoms with van der Waals surface area (Å²) in [4.78, 5) is 0. The van der Waals surface area contributed by atoms with Gasteiger partial charge in [-0.25, -0.2) is 13.6 Å². The third kappa shape index (κ3) is 6.34. The Morgan fingerprint density at radius 3 is 2.61 bits per heavy atom. The van der Waals surface area contributed by atoms with E-state index in [1.807, 2.05) is 25.1 Å². The van der Waals surface area contributed by atoms with E-state index in [0.717, 1.165) is 15.8 Å². The highest BCUT2D eigenvalue weighted by molar-refractivity contribution is 9.10. The molecule has 0 fully saturated rings. The van der Waals surface area contributed by atoms with Crippen molar-refractivity contribution in [3.8, 4) is 5.75 Å². The lowest BCUT2D eigenvalue weighted by atomic mass is 10.2. The molecule has 0 unspecified atom stereocenters. The van der Waals surface area contributed by atoms with E-state index in [4.69, 9.17) is 14.6 Å². The van der Waals surface area contributed by atoms with Gasteiger partial charge in [-0.2, -0.15) is 0 Å². The molecule has 0 radical (unpaired) electrons. The molecule has 0 spiro atoms. The van der Waals surface area contributed by atoms with Crippen LogP contribution in [-0.4, -0.2) is 34.0 Å². The van der Waals surface area contributed by atoms with Gasteiger partial charge in [0.2, 0.25) is 10.0 Å². The normalized spacial score (nSPS) is 11.5. The van der Waals surface area contributed by atoms with E-state index in [1.165, 1.54) is 0 Å². The number of nitrogens with two attached hydrogens (primary N) is 1. The predicted molar refractivity (Wildman–Crippen MR) is 73.2 cm³/mol. The highest BCUT2D eigenvalue weighted by atomic mass is 79.9. The molecule has 1 aromatic rings. The molecule has 7 heteroatoms. The molecule has 0 heterocycles. The first-order valence-electron chi connectivity index (χ1n) is 5.35. The van der Waals surface area contributed by atoms with Gasteiger partial charge in [-0.1, -0.05) is 15.9 Å². The predicted octanol–water partition coefficient (Wildman–Crippen LogP) is 1.44. The van der Waals surface area contributed by atoms with Crippen LogP contribution in [0.1, 0.15) is 5.56 Å². The van der Waals surface area contributed by atoms with Crippen molar-refractivity contribution in [2.75, 3.05) is 25.6 Å². The molecule has 0 aliphatic carbocycles. The minimum Gasteiger partial charge on any atom is -0.491 e. The smallest absolute Gasteiger partial charge is 0.211 e. The van der Waals surface area contributed by atoms with Crippen LogP contribution in [0.5, 0.6) is 5.75 Å². The van der Waals surface area contributed by atoms with Gasteiger partial charge >= 0.3 is 0 Å². The molecule has 0 saturated heterocycles. The summed E-state index contributed by atoms with van der Waals surface area (Å²) in [6.07, 6.45) is 0. The maximum atomic E-state index is 10.6. The lowest BCUT2D eigenvalue weighted by Crippen LogP contribution is -2.21. The molecule has 1 aromatic carbocycles. The summed E-state index contributed by atoms with van der Waals surface area (Å²) in [6.45, 7) is 2.72. The second-order valence-corrected chi connectivity index (χ2v) is 6.39. The van der Waals surface area contributed by atoms with E-state index in [1.54, 1.807) is 0 Å². The standard InChI is InChI=1S/C11H16BrNO4S/c1-9-8-10(12)2-3-11(9)17-5-4-16-6-7-18(13,14)15/h2-3,8H,4-7H2,1H3,(H2,13,14,15). The SMILES string of the molecule is Cc1cc(Br)ccc1OCCOCCS(N)(=O)=O. The van der Waals surface area contributed by atoms with Crippen molar-refractivity contribution in [1.82, 2.24) is 0 Å². The van der Waals surface area contributed by atoms with Gasteiger partial charge in [-0.15, -0.1) is 0 Å². The lowest BCUT2D eigenvalue weighted by molar-refractivity contribution is 0.111. The van der Waals surface area contributed by atoms with Crippen LogP contribution in [0.2, 0.25) is 0 Å². The van der Waals surface area contributed by atoms with Gasteiger partial charge in [0.25, 0.3) is 0 Å². The molecule has 0 aliphatic rings. The topological polar surface area (TPSA) is 78.6 Å².